The minimum absolute atomic E-state index is 0.867. The first-order chi connectivity index (χ1) is 5.20. The molecule has 1 aliphatic heterocycles. The third kappa shape index (κ3) is 1.34. The first-order valence-corrected chi connectivity index (χ1v) is 7.96. The van der Waals surface area contributed by atoms with Gasteiger partial charge in [0.15, 0.2) is 0 Å². The van der Waals surface area contributed by atoms with Crippen LogP contribution in [0.3, 0.4) is 0 Å². The summed E-state index contributed by atoms with van der Waals surface area (Å²) in [6.45, 7) is 2.35. The molecular formula is C9H15PS. The molecule has 0 spiro atoms. The molecule has 1 saturated carbocycles. The Labute approximate surface area is 74.1 Å². The molecular weight excluding hydrogens is 171 g/mol. The zero-order valence-corrected chi connectivity index (χ0v) is 8.76. The van der Waals surface area contributed by atoms with Gasteiger partial charge in [-0.2, -0.15) is 0 Å². The molecule has 2 rings (SSSR count). The molecule has 2 atom stereocenters. The van der Waals surface area contributed by atoms with Crippen molar-refractivity contribution in [3.8, 4) is 0 Å². The van der Waals surface area contributed by atoms with Crippen molar-refractivity contribution in [2.45, 2.75) is 31.3 Å². The van der Waals surface area contributed by atoms with Crippen LogP contribution in [0.2, 0.25) is 0 Å². The highest BCUT2D eigenvalue weighted by atomic mass is 32.4. The molecule has 2 heteroatoms. The maximum Gasteiger partial charge on any atom is 0.00914 e. The molecule has 0 aromatic heterocycles. The van der Waals surface area contributed by atoms with Crippen LogP contribution in [0.15, 0.2) is 11.6 Å². The fourth-order valence-electron chi connectivity index (χ4n) is 2.31. The van der Waals surface area contributed by atoms with Crippen LogP contribution in [-0.2, 0) is 11.8 Å². The highest BCUT2D eigenvalue weighted by molar-refractivity contribution is 8.14. The minimum atomic E-state index is -0.934. The van der Waals surface area contributed by atoms with Gasteiger partial charge in [0.25, 0.3) is 0 Å². The molecule has 11 heavy (non-hydrogen) atoms. The van der Waals surface area contributed by atoms with Crippen LogP contribution < -0.4 is 0 Å². The van der Waals surface area contributed by atoms with E-state index in [1.807, 2.05) is 0 Å². The van der Waals surface area contributed by atoms with E-state index in [1.165, 1.54) is 31.8 Å². The summed E-state index contributed by atoms with van der Waals surface area (Å²) in [5.74, 6) is 0. The summed E-state index contributed by atoms with van der Waals surface area (Å²) >= 11 is 5.67. The van der Waals surface area contributed by atoms with Crippen molar-refractivity contribution >= 4 is 17.8 Å². The van der Waals surface area contributed by atoms with E-state index in [2.05, 4.69) is 12.7 Å². The second-order valence-corrected chi connectivity index (χ2v) is 9.74. The van der Waals surface area contributed by atoms with Gasteiger partial charge in [-0.25, -0.2) is 0 Å². The SMILES string of the molecule is C[P@]1(=S)CC=C2CCCC[C@@H]21. The second-order valence-electron chi connectivity index (χ2n) is 3.90. The first kappa shape index (κ1) is 8.01. The summed E-state index contributed by atoms with van der Waals surface area (Å²) in [5, 5.41) is 0. The van der Waals surface area contributed by atoms with Crippen molar-refractivity contribution in [3.05, 3.63) is 11.6 Å². The molecule has 1 heterocycles. The molecule has 62 valence electrons. The topological polar surface area (TPSA) is 0 Å². The molecule has 2 aliphatic rings. The van der Waals surface area contributed by atoms with Gasteiger partial charge in [-0.15, -0.1) is 0 Å². The second kappa shape index (κ2) is 2.71. The number of hydrogen-bond donors (Lipinski definition) is 0. The third-order valence-corrected chi connectivity index (χ3v) is 7.02. The van der Waals surface area contributed by atoms with Crippen LogP contribution in [0.25, 0.3) is 0 Å². The number of fused-ring (bicyclic) bond motifs is 1. The fraction of sp³-hybridized carbons (Fsp3) is 0.778. The molecule has 1 aliphatic carbocycles. The lowest BCUT2D eigenvalue weighted by Crippen LogP contribution is -2.11. The Kier molecular flexibility index (Phi) is 1.97. The lowest BCUT2D eigenvalue weighted by Gasteiger charge is -2.27. The van der Waals surface area contributed by atoms with Crippen LogP contribution in [0.5, 0.6) is 0 Å². The smallest absolute Gasteiger partial charge is 0.00914 e. The summed E-state index contributed by atoms with van der Waals surface area (Å²) in [4.78, 5) is 0. The van der Waals surface area contributed by atoms with E-state index in [-0.39, 0.29) is 0 Å². The fourth-order valence-corrected chi connectivity index (χ4v) is 5.77. The minimum Gasteiger partial charge on any atom is -0.0968 e. The molecule has 0 amide bonds. The van der Waals surface area contributed by atoms with E-state index in [0.717, 1.165) is 5.66 Å². The summed E-state index contributed by atoms with van der Waals surface area (Å²) in [6, 6.07) is -0.934. The molecule has 0 nitrogen and oxygen atoms in total. The van der Waals surface area contributed by atoms with Gasteiger partial charge >= 0.3 is 0 Å². The molecule has 1 fully saturated rings. The molecule has 0 aromatic carbocycles. The van der Waals surface area contributed by atoms with Gasteiger partial charge in [-0.1, -0.05) is 29.9 Å². The van der Waals surface area contributed by atoms with Gasteiger partial charge in [0.2, 0.25) is 0 Å². The summed E-state index contributed by atoms with van der Waals surface area (Å²) < 4.78 is 0. The Morgan fingerprint density at radius 3 is 3.09 bits per heavy atom. The summed E-state index contributed by atoms with van der Waals surface area (Å²) in [7, 11) is 0. The highest BCUT2D eigenvalue weighted by Gasteiger charge is 2.32. The quantitative estimate of drug-likeness (QED) is 0.414. The molecule has 0 unspecified atom stereocenters. The van der Waals surface area contributed by atoms with Crippen LogP contribution in [-0.4, -0.2) is 18.5 Å². The van der Waals surface area contributed by atoms with Gasteiger partial charge in [0.1, 0.15) is 0 Å². The van der Waals surface area contributed by atoms with E-state index in [0.29, 0.717) is 0 Å². The van der Waals surface area contributed by atoms with Crippen molar-refractivity contribution < 1.29 is 0 Å². The summed E-state index contributed by atoms with van der Waals surface area (Å²) in [6.07, 6.45) is 9.30. The van der Waals surface area contributed by atoms with Crippen molar-refractivity contribution in [2.75, 3.05) is 12.8 Å². The predicted molar refractivity (Wildman–Crippen MR) is 55.4 cm³/mol. The first-order valence-electron chi connectivity index (χ1n) is 4.45. The Bertz CT molecular complexity index is 242. The van der Waals surface area contributed by atoms with Crippen molar-refractivity contribution in [1.82, 2.24) is 0 Å². The zero-order chi connectivity index (χ0) is 7.90. The maximum absolute atomic E-state index is 5.67. The lowest BCUT2D eigenvalue weighted by atomic mass is 9.95. The van der Waals surface area contributed by atoms with Gasteiger partial charge in [-0.05, 0) is 38.1 Å². The molecule has 0 radical (unpaired) electrons. The van der Waals surface area contributed by atoms with E-state index >= 15 is 0 Å². The predicted octanol–water partition coefficient (Wildman–Crippen LogP) is 2.98. The molecule has 0 bridgehead atoms. The van der Waals surface area contributed by atoms with Crippen molar-refractivity contribution in [2.24, 2.45) is 0 Å². The monoisotopic (exact) mass is 186 g/mol. The standard InChI is InChI=1S/C9H15PS/c1-10(11)7-6-8-4-2-3-5-9(8)10/h6,9H,2-5,7H2,1H3/t9-,10-/m0/s1. The third-order valence-electron chi connectivity index (χ3n) is 3.00. The average molecular weight is 186 g/mol. The van der Waals surface area contributed by atoms with Crippen molar-refractivity contribution in [3.63, 3.8) is 0 Å². The highest BCUT2D eigenvalue weighted by Crippen LogP contribution is 2.58. The maximum atomic E-state index is 5.67. The van der Waals surface area contributed by atoms with Crippen LogP contribution >= 0.6 is 6.04 Å². The number of rotatable bonds is 0. The van der Waals surface area contributed by atoms with Crippen molar-refractivity contribution in [1.29, 1.82) is 0 Å². The van der Waals surface area contributed by atoms with Crippen LogP contribution in [0.1, 0.15) is 25.7 Å². The molecule has 0 aromatic rings. The molecule has 0 N–H and O–H groups in total. The van der Waals surface area contributed by atoms with Gasteiger partial charge < -0.3 is 0 Å². The Morgan fingerprint density at radius 2 is 2.36 bits per heavy atom. The Morgan fingerprint density at radius 1 is 1.55 bits per heavy atom. The normalized spacial score (nSPS) is 43.4. The summed E-state index contributed by atoms with van der Waals surface area (Å²) in [5.41, 5.74) is 2.59. The van der Waals surface area contributed by atoms with Gasteiger partial charge in [0, 0.05) is 5.66 Å². The van der Waals surface area contributed by atoms with E-state index in [4.69, 9.17) is 11.8 Å². The van der Waals surface area contributed by atoms with Crippen LogP contribution in [0.4, 0.5) is 0 Å². The van der Waals surface area contributed by atoms with Gasteiger partial charge in [0.05, 0.1) is 0 Å². The number of allylic oxidation sites excluding steroid dienone is 2. The largest absolute Gasteiger partial charge is 0.0968 e. The van der Waals surface area contributed by atoms with E-state index in [9.17, 15) is 0 Å². The van der Waals surface area contributed by atoms with E-state index < -0.39 is 6.04 Å². The molecule has 0 saturated heterocycles. The Balaban J connectivity index is 2.25. The number of hydrogen-bond acceptors (Lipinski definition) is 1. The average Bonchev–Trinajstić information content (AvgIpc) is 2.29. The van der Waals surface area contributed by atoms with Gasteiger partial charge in [-0.3, -0.25) is 0 Å². The Hall–Kier alpha value is 0.390. The van der Waals surface area contributed by atoms with E-state index in [1.54, 1.807) is 5.57 Å². The lowest BCUT2D eigenvalue weighted by molar-refractivity contribution is 0.609. The zero-order valence-electron chi connectivity index (χ0n) is 7.05. The van der Waals surface area contributed by atoms with Crippen LogP contribution in [0, 0.1) is 0 Å².